The van der Waals surface area contributed by atoms with Crippen LogP contribution in [0.2, 0.25) is 0 Å². The van der Waals surface area contributed by atoms with E-state index in [1.54, 1.807) is 20.8 Å². The minimum atomic E-state index is -2.83. The second kappa shape index (κ2) is 7.03. The van der Waals surface area contributed by atoms with Crippen molar-refractivity contribution >= 4 is 17.6 Å². The van der Waals surface area contributed by atoms with E-state index in [0.29, 0.717) is 0 Å². The Hall–Kier alpha value is -2.42. The highest BCUT2D eigenvalue weighted by Gasteiger charge is 2.20. The van der Waals surface area contributed by atoms with Gasteiger partial charge >= 0.3 is 6.09 Å². The molecule has 0 radical (unpaired) electrons. The molecular formula is C13H19F2N5O2. The number of pyridine rings is 1. The molecule has 1 heterocycles. The van der Waals surface area contributed by atoms with Crippen molar-refractivity contribution in [3.05, 3.63) is 30.2 Å². The predicted molar refractivity (Wildman–Crippen MR) is 79.0 cm³/mol. The number of alkyl halides is 2. The fraction of sp³-hybridized carbons (Fsp3) is 0.385. The van der Waals surface area contributed by atoms with Gasteiger partial charge in [-0.2, -0.15) is 0 Å². The Balaban J connectivity index is 3.00. The van der Waals surface area contributed by atoms with E-state index in [-0.39, 0.29) is 11.5 Å². The molecule has 0 fully saturated rings. The van der Waals surface area contributed by atoms with Gasteiger partial charge in [0.05, 0.1) is 17.4 Å². The first kappa shape index (κ1) is 17.6. The first-order chi connectivity index (χ1) is 10.1. The number of rotatable bonds is 4. The van der Waals surface area contributed by atoms with Gasteiger partial charge in [-0.15, -0.1) is 0 Å². The molecule has 7 nitrogen and oxygen atoms in total. The number of hydrogen-bond acceptors (Lipinski definition) is 6. The zero-order valence-electron chi connectivity index (χ0n) is 12.5. The first-order valence-electron chi connectivity index (χ1n) is 6.34. The molecule has 0 aliphatic rings. The summed E-state index contributed by atoms with van der Waals surface area (Å²) in [6.07, 6.45) is -0.150. The number of carbonyl (C=O) groups is 1. The van der Waals surface area contributed by atoms with Crippen LogP contribution in [0.15, 0.2) is 24.7 Å². The van der Waals surface area contributed by atoms with E-state index in [1.807, 2.05) is 0 Å². The Morgan fingerprint density at radius 2 is 2.14 bits per heavy atom. The molecule has 0 saturated carbocycles. The van der Waals surface area contributed by atoms with E-state index < -0.39 is 23.7 Å². The standard InChI is InChI=1S/C13H19F2N5O2/c1-13(2,3)22-12(21)19-8-6-9(10(14)15)11(18-7-8)20(17)5-4-16/h4-7,10H,16-17H2,1-3H3,(H,19,21)/b5-4-. The lowest BCUT2D eigenvalue weighted by Gasteiger charge is -2.20. The van der Waals surface area contributed by atoms with E-state index in [4.69, 9.17) is 16.3 Å². The summed E-state index contributed by atoms with van der Waals surface area (Å²) in [4.78, 5) is 15.4. The van der Waals surface area contributed by atoms with Crippen LogP contribution in [0.5, 0.6) is 0 Å². The maximum atomic E-state index is 13.1. The Morgan fingerprint density at radius 1 is 1.50 bits per heavy atom. The lowest BCUT2D eigenvalue weighted by Crippen LogP contribution is -2.28. The normalized spacial score (nSPS) is 11.8. The number of hydrogen-bond donors (Lipinski definition) is 3. The number of amides is 1. The van der Waals surface area contributed by atoms with Gasteiger partial charge in [-0.05, 0) is 26.8 Å². The van der Waals surface area contributed by atoms with Crippen LogP contribution >= 0.6 is 0 Å². The Labute approximate surface area is 126 Å². The molecule has 1 rings (SSSR count). The van der Waals surface area contributed by atoms with Gasteiger partial charge in [0.1, 0.15) is 5.60 Å². The van der Waals surface area contributed by atoms with E-state index in [1.165, 1.54) is 12.4 Å². The van der Waals surface area contributed by atoms with Crippen LogP contribution in [0.25, 0.3) is 0 Å². The van der Waals surface area contributed by atoms with Crippen LogP contribution in [-0.2, 0) is 4.74 Å². The van der Waals surface area contributed by atoms with Crippen LogP contribution < -0.4 is 21.9 Å². The van der Waals surface area contributed by atoms with Crippen molar-refractivity contribution in [1.29, 1.82) is 0 Å². The third-order valence-electron chi connectivity index (χ3n) is 2.27. The van der Waals surface area contributed by atoms with E-state index in [2.05, 4.69) is 10.3 Å². The van der Waals surface area contributed by atoms with Gasteiger partial charge < -0.3 is 10.5 Å². The van der Waals surface area contributed by atoms with Crippen molar-refractivity contribution in [3.8, 4) is 0 Å². The SMILES string of the molecule is CC(C)(C)OC(=O)Nc1cnc(N(N)/C=C\N)c(C(F)F)c1. The number of hydrazine groups is 1. The van der Waals surface area contributed by atoms with Crippen molar-refractivity contribution in [1.82, 2.24) is 4.98 Å². The number of anilines is 2. The van der Waals surface area contributed by atoms with Gasteiger partial charge in [0, 0.05) is 12.4 Å². The van der Waals surface area contributed by atoms with Crippen molar-refractivity contribution in [2.24, 2.45) is 11.6 Å². The summed E-state index contributed by atoms with van der Waals surface area (Å²) in [5.74, 6) is 5.36. The fourth-order valence-electron chi connectivity index (χ4n) is 1.50. The Morgan fingerprint density at radius 3 is 2.64 bits per heavy atom. The highest BCUT2D eigenvalue weighted by molar-refractivity contribution is 5.85. The minimum absolute atomic E-state index is 0.0680. The van der Waals surface area contributed by atoms with Crippen LogP contribution in [0, 0.1) is 0 Å². The molecule has 5 N–H and O–H groups in total. The zero-order chi connectivity index (χ0) is 16.9. The third-order valence-corrected chi connectivity index (χ3v) is 2.27. The molecule has 1 amide bonds. The quantitative estimate of drug-likeness (QED) is 0.582. The Bertz CT molecular complexity index is 558. The number of nitrogens with one attached hydrogen (secondary N) is 1. The molecule has 22 heavy (non-hydrogen) atoms. The molecule has 0 saturated heterocycles. The van der Waals surface area contributed by atoms with Gasteiger partial charge in [-0.1, -0.05) is 0 Å². The summed E-state index contributed by atoms with van der Waals surface area (Å²) in [6, 6.07) is 1.07. The molecule has 0 atom stereocenters. The molecule has 1 aromatic rings. The van der Waals surface area contributed by atoms with Gasteiger partial charge in [-0.25, -0.2) is 24.4 Å². The second-order valence-electron chi connectivity index (χ2n) is 5.31. The molecule has 0 aliphatic heterocycles. The number of nitrogens with two attached hydrogens (primary N) is 2. The van der Waals surface area contributed by atoms with Crippen molar-refractivity contribution in [2.45, 2.75) is 32.8 Å². The second-order valence-corrected chi connectivity index (χ2v) is 5.31. The highest BCUT2D eigenvalue weighted by atomic mass is 19.3. The van der Waals surface area contributed by atoms with Crippen LogP contribution in [0.3, 0.4) is 0 Å². The number of carbonyl (C=O) groups excluding carboxylic acids is 1. The van der Waals surface area contributed by atoms with E-state index in [9.17, 15) is 13.6 Å². The average molecular weight is 315 g/mol. The van der Waals surface area contributed by atoms with E-state index >= 15 is 0 Å². The van der Waals surface area contributed by atoms with E-state index in [0.717, 1.165) is 17.3 Å². The zero-order valence-corrected chi connectivity index (χ0v) is 12.5. The molecule has 0 aromatic carbocycles. The Kier molecular flexibility index (Phi) is 5.63. The summed E-state index contributed by atoms with van der Waals surface area (Å²) in [5, 5.41) is 3.19. The molecule has 122 valence electrons. The number of aromatic nitrogens is 1. The van der Waals surface area contributed by atoms with Crippen molar-refractivity contribution < 1.29 is 18.3 Å². The first-order valence-corrected chi connectivity index (χ1v) is 6.34. The molecule has 9 heteroatoms. The maximum absolute atomic E-state index is 13.1. The summed E-state index contributed by atoms with van der Waals surface area (Å²) in [5.41, 5.74) is 4.07. The summed E-state index contributed by atoms with van der Waals surface area (Å²) < 4.78 is 31.2. The predicted octanol–water partition coefficient (Wildman–Crippen LogP) is 2.48. The summed E-state index contributed by atoms with van der Waals surface area (Å²) >= 11 is 0. The van der Waals surface area contributed by atoms with Gasteiger partial charge in [0.2, 0.25) is 0 Å². The minimum Gasteiger partial charge on any atom is -0.444 e. The largest absolute Gasteiger partial charge is 0.444 e. The van der Waals surface area contributed by atoms with Crippen molar-refractivity contribution in [2.75, 3.05) is 10.3 Å². The van der Waals surface area contributed by atoms with Gasteiger partial charge in [-0.3, -0.25) is 10.3 Å². The van der Waals surface area contributed by atoms with Gasteiger partial charge in [0.15, 0.2) is 5.82 Å². The van der Waals surface area contributed by atoms with Crippen LogP contribution in [0.4, 0.5) is 25.1 Å². The smallest absolute Gasteiger partial charge is 0.412 e. The molecule has 0 bridgehead atoms. The van der Waals surface area contributed by atoms with Crippen LogP contribution in [-0.4, -0.2) is 16.7 Å². The lowest BCUT2D eigenvalue weighted by atomic mass is 10.2. The topological polar surface area (TPSA) is 106 Å². The summed E-state index contributed by atoms with van der Waals surface area (Å²) in [7, 11) is 0. The maximum Gasteiger partial charge on any atom is 0.412 e. The molecular weight excluding hydrogens is 296 g/mol. The third kappa shape index (κ3) is 5.17. The molecule has 0 aliphatic carbocycles. The van der Waals surface area contributed by atoms with Gasteiger partial charge in [0.25, 0.3) is 6.43 Å². The number of ether oxygens (including phenoxy) is 1. The lowest BCUT2D eigenvalue weighted by molar-refractivity contribution is 0.0635. The summed E-state index contributed by atoms with van der Waals surface area (Å²) in [6.45, 7) is 5.05. The fourth-order valence-corrected chi connectivity index (χ4v) is 1.50. The highest BCUT2D eigenvalue weighted by Crippen LogP contribution is 2.29. The molecule has 0 spiro atoms. The monoisotopic (exact) mass is 315 g/mol. The molecule has 1 aromatic heterocycles. The number of nitrogens with zero attached hydrogens (tertiary/aromatic N) is 2. The van der Waals surface area contributed by atoms with Crippen LogP contribution in [0.1, 0.15) is 32.8 Å². The van der Waals surface area contributed by atoms with Crippen molar-refractivity contribution in [3.63, 3.8) is 0 Å². The average Bonchev–Trinajstić information content (AvgIpc) is 2.36. The molecule has 0 unspecified atom stereocenters. The number of halogens is 2.